The number of aliphatic hydroxyl groups excluding tert-OH is 1. The molecule has 0 aliphatic heterocycles. The van der Waals surface area contributed by atoms with Crippen molar-refractivity contribution in [3.8, 4) is 0 Å². The molecule has 0 aliphatic carbocycles. The Bertz CT molecular complexity index is 74.8. The van der Waals surface area contributed by atoms with E-state index in [4.69, 9.17) is 5.11 Å². The van der Waals surface area contributed by atoms with E-state index in [1.54, 1.807) is 6.08 Å². The molecule has 0 aromatic rings. The normalized spacial score (nSPS) is 9.60. The standard InChI is InChI=1S/C7H14O.C2H4/c1-7(2)5-3-4-6-8;1-2/h3-4,7-8H,5-6H2,1-2H3;1-2H2. The van der Waals surface area contributed by atoms with Crippen LogP contribution in [0.5, 0.6) is 0 Å². The number of hydrogen-bond donors (Lipinski definition) is 1. The van der Waals surface area contributed by atoms with Gasteiger partial charge < -0.3 is 5.11 Å². The van der Waals surface area contributed by atoms with Gasteiger partial charge in [-0.05, 0) is 12.3 Å². The van der Waals surface area contributed by atoms with E-state index in [9.17, 15) is 0 Å². The molecule has 1 heteroatoms. The lowest BCUT2D eigenvalue weighted by atomic mass is 10.1. The van der Waals surface area contributed by atoms with Crippen molar-refractivity contribution >= 4 is 0 Å². The Labute approximate surface area is 64.1 Å². The van der Waals surface area contributed by atoms with Gasteiger partial charge in [0.1, 0.15) is 0 Å². The zero-order valence-electron chi connectivity index (χ0n) is 7.01. The molecule has 0 rings (SSSR count). The zero-order valence-corrected chi connectivity index (χ0v) is 7.01. The Kier molecular flexibility index (Phi) is 13.7. The lowest BCUT2D eigenvalue weighted by Crippen LogP contribution is -1.81. The fourth-order valence-electron chi connectivity index (χ4n) is 0.443. The monoisotopic (exact) mass is 142 g/mol. The van der Waals surface area contributed by atoms with Crippen LogP contribution in [0.3, 0.4) is 0 Å². The highest BCUT2D eigenvalue weighted by molar-refractivity contribution is 4.81. The van der Waals surface area contributed by atoms with E-state index < -0.39 is 0 Å². The van der Waals surface area contributed by atoms with Gasteiger partial charge in [0.05, 0.1) is 6.61 Å². The van der Waals surface area contributed by atoms with Crippen molar-refractivity contribution in [2.45, 2.75) is 20.3 Å². The quantitative estimate of drug-likeness (QED) is 0.600. The minimum absolute atomic E-state index is 0.173. The second-order valence-corrected chi connectivity index (χ2v) is 2.28. The highest BCUT2D eigenvalue weighted by Crippen LogP contribution is 1.98. The first-order valence-corrected chi connectivity index (χ1v) is 3.53. The van der Waals surface area contributed by atoms with Crippen LogP contribution < -0.4 is 0 Å². The molecule has 0 saturated carbocycles. The maximum atomic E-state index is 8.29. The second-order valence-electron chi connectivity index (χ2n) is 2.28. The molecule has 0 radical (unpaired) electrons. The van der Waals surface area contributed by atoms with Gasteiger partial charge in [0, 0.05) is 0 Å². The van der Waals surface area contributed by atoms with Crippen molar-refractivity contribution in [1.29, 1.82) is 0 Å². The van der Waals surface area contributed by atoms with Gasteiger partial charge in [-0.3, -0.25) is 0 Å². The largest absolute Gasteiger partial charge is 0.392 e. The Hall–Kier alpha value is -0.560. The van der Waals surface area contributed by atoms with Gasteiger partial charge in [-0.25, -0.2) is 0 Å². The third-order valence-corrected chi connectivity index (χ3v) is 0.880. The minimum atomic E-state index is 0.173. The van der Waals surface area contributed by atoms with Crippen molar-refractivity contribution in [2.75, 3.05) is 6.61 Å². The van der Waals surface area contributed by atoms with E-state index >= 15 is 0 Å². The van der Waals surface area contributed by atoms with Gasteiger partial charge in [-0.15, -0.1) is 13.2 Å². The summed E-state index contributed by atoms with van der Waals surface area (Å²) in [6, 6.07) is 0. The first kappa shape index (κ1) is 12.1. The summed E-state index contributed by atoms with van der Waals surface area (Å²) >= 11 is 0. The molecule has 1 nitrogen and oxygen atoms in total. The smallest absolute Gasteiger partial charge is 0.0612 e. The molecule has 60 valence electrons. The average molecular weight is 142 g/mol. The van der Waals surface area contributed by atoms with Crippen LogP contribution in [0.15, 0.2) is 25.3 Å². The maximum absolute atomic E-state index is 8.29. The molecule has 0 saturated heterocycles. The molecule has 0 aliphatic rings. The third-order valence-electron chi connectivity index (χ3n) is 0.880. The topological polar surface area (TPSA) is 20.2 Å². The number of hydrogen-bond acceptors (Lipinski definition) is 1. The van der Waals surface area contributed by atoms with Crippen LogP contribution in [0.1, 0.15) is 20.3 Å². The van der Waals surface area contributed by atoms with Crippen LogP contribution >= 0.6 is 0 Å². The van der Waals surface area contributed by atoms with Crippen LogP contribution in [0, 0.1) is 5.92 Å². The van der Waals surface area contributed by atoms with Gasteiger partial charge in [0.15, 0.2) is 0 Å². The van der Waals surface area contributed by atoms with E-state index in [1.807, 2.05) is 6.08 Å². The predicted octanol–water partition coefficient (Wildman–Crippen LogP) is 2.38. The van der Waals surface area contributed by atoms with Crippen molar-refractivity contribution in [1.82, 2.24) is 0 Å². The Morgan fingerprint density at radius 1 is 1.30 bits per heavy atom. The fraction of sp³-hybridized carbons (Fsp3) is 0.556. The van der Waals surface area contributed by atoms with Gasteiger partial charge in [0.2, 0.25) is 0 Å². The summed E-state index contributed by atoms with van der Waals surface area (Å²) in [6.45, 7) is 10.5. The summed E-state index contributed by atoms with van der Waals surface area (Å²) in [5.41, 5.74) is 0. The van der Waals surface area contributed by atoms with E-state index in [2.05, 4.69) is 27.0 Å². The minimum Gasteiger partial charge on any atom is -0.392 e. The summed E-state index contributed by atoms with van der Waals surface area (Å²) in [5, 5.41) is 8.29. The summed E-state index contributed by atoms with van der Waals surface area (Å²) in [5.74, 6) is 0.706. The van der Waals surface area contributed by atoms with Crippen molar-refractivity contribution < 1.29 is 5.11 Å². The third kappa shape index (κ3) is 15.7. The Morgan fingerprint density at radius 2 is 1.80 bits per heavy atom. The van der Waals surface area contributed by atoms with Gasteiger partial charge >= 0.3 is 0 Å². The average Bonchev–Trinajstić information content (AvgIpc) is 1.92. The van der Waals surface area contributed by atoms with E-state index in [0.717, 1.165) is 6.42 Å². The lowest BCUT2D eigenvalue weighted by molar-refractivity contribution is 0.342. The van der Waals surface area contributed by atoms with Crippen molar-refractivity contribution in [3.05, 3.63) is 25.3 Å². The first-order chi connectivity index (χ1) is 4.77. The molecule has 0 amide bonds. The molecule has 1 N–H and O–H groups in total. The van der Waals surface area contributed by atoms with Crippen LogP contribution in [0.25, 0.3) is 0 Å². The molecule has 0 spiro atoms. The van der Waals surface area contributed by atoms with Crippen LogP contribution in [-0.4, -0.2) is 11.7 Å². The molecule has 0 atom stereocenters. The zero-order chi connectivity index (χ0) is 8.41. The second kappa shape index (κ2) is 11.3. The SMILES string of the molecule is C=C.CC(C)CC=CCO. The molecular formula is C9H18O. The molecule has 0 unspecified atom stereocenters. The lowest BCUT2D eigenvalue weighted by Gasteiger charge is -1.94. The highest BCUT2D eigenvalue weighted by atomic mass is 16.2. The van der Waals surface area contributed by atoms with E-state index in [0.29, 0.717) is 5.92 Å². The van der Waals surface area contributed by atoms with Crippen LogP contribution in [-0.2, 0) is 0 Å². The Balaban J connectivity index is 0. The van der Waals surface area contributed by atoms with Crippen LogP contribution in [0.4, 0.5) is 0 Å². The molecule has 0 bridgehead atoms. The van der Waals surface area contributed by atoms with Crippen LogP contribution in [0.2, 0.25) is 0 Å². The molecule has 0 aromatic carbocycles. The van der Waals surface area contributed by atoms with Gasteiger partial charge in [-0.1, -0.05) is 26.0 Å². The summed E-state index contributed by atoms with van der Waals surface area (Å²) in [4.78, 5) is 0. The van der Waals surface area contributed by atoms with Gasteiger partial charge in [0.25, 0.3) is 0 Å². The summed E-state index contributed by atoms with van der Waals surface area (Å²) in [6.07, 6.45) is 4.85. The number of allylic oxidation sites excluding steroid dienone is 1. The van der Waals surface area contributed by atoms with Crippen molar-refractivity contribution in [3.63, 3.8) is 0 Å². The number of rotatable bonds is 3. The summed E-state index contributed by atoms with van der Waals surface area (Å²) < 4.78 is 0. The fourth-order valence-corrected chi connectivity index (χ4v) is 0.443. The molecule has 10 heavy (non-hydrogen) atoms. The van der Waals surface area contributed by atoms with Gasteiger partial charge in [-0.2, -0.15) is 0 Å². The molecule has 0 heterocycles. The maximum Gasteiger partial charge on any atom is 0.0612 e. The highest BCUT2D eigenvalue weighted by Gasteiger charge is 1.84. The number of aliphatic hydroxyl groups is 1. The predicted molar refractivity (Wildman–Crippen MR) is 46.9 cm³/mol. The van der Waals surface area contributed by atoms with E-state index in [1.165, 1.54) is 0 Å². The van der Waals surface area contributed by atoms with E-state index in [-0.39, 0.29) is 6.61 Å². The first-order valence-electron chi connectivity index (χ1n) is 3.53. The van der Waals surface area contributed by atoms with Crippen molar-refractivity contribution in [2.24, 2.45) is 5.92 Å². The molecule has 0 fully saturated rings. The summed E-state index contributed by atoms with van der Waals surface area (Å²) in [7, 11) is 0. The molecule has 0 aromatic heterocycles. The molecular weight excluding hydrogens is 124 g/mol. The Morgan fingerprint density at radius 3 is 2.10 bits per heavy atom.